The number of nitrogens with one attached hydrogen (secondary N) is 2. The van der Waals surface area contributed by atoms with Gasteiger partial charge in [0.15, 0.2) is 0 Å². The molecule has 0 spiro atoms. The van der Waals surface area contributed by atoms with E-state index in [4.69, 9.17) is 4.74 Å². The molecule has 1 fully saturated rings. The topological polar surface area (TPSA) is 72.9 Å². The van der Waals surface area contributed by atoms with E-state index in [0.29, 0.717) is 18.3 Å². The molecule has 5 rings (SSSR count). The third kappa shape index (κ3) is 4.63. The van der Waals surface area contributed by atoms with Gasteiger partial charge >= 0.3 is 0 Å². The molecule has 0 amide bonds. The maximum Gasteiger partial charge on any atom is 0.137 e. The van der Waals surface area contributed by atoms with Crippen LogP contribution in [0.3, 0.4) is 0 Å². The molecule has 1 saturated heterocycles. The van der Waals surface area contributed by atoms with E-state index in [1.807, 2.05) is 30.5 Å². The van der Waals surface area contributed by atoms with Gasteiger partial charge in [-0.2, -0.15) is 0 Å². The number of aliphatic hydroxyl groups is 1. The molecule has 3 N–H and O–H groups in total. The molecule has 4 heterocycles. The number of likely N-dealkylation sites (tertiary alicyclic amines) is 1. The van der Waals surface area contributed by atoms with Crippen LogP contribution in [0.2, 0.25) is 0 Å². The number of ether oxygens (including phenoxy) is 1. The van der Waals surface area contributed by atoms with E-state index < -0.39 is 6.10 Å². The average molecular weight is 452 g/mol. The summed E-state index contributed by atoms with van der Waals surface area (Å²) in [4.78, 5) is 6.81. The number of piperidine rings is 1. The highest BCUT2D eigenvalue weighted by atomic mass is 32.2. The van der Waals surface area contributed by atoms with Crippen LogP contribution < -0.4 is 14.8 Å². The van der Waals surface area contributed by atoms with Gasteiger partial charge in [-0.15, -0.1) is 0 Å². The van der Waals surface area contributed by atoms with Gasteiger partial charge in [0.2, 0.25) is 0 Å². The second-order valence-electron chi connectivity index (χ2n) is 8.40. The molecule has 0 saturated carbocycles. The monoisotopic (exact) mass is 451 g/mol. The molecule has 1 aromatic heterocycles. The van der Waals surface area contributed by atoms with Crippen molar-refractivity contribution < 1.29 is 9.84 Å². The van der Waals surface area contributed by atoms with Crippen LogP contribution in [0.5, 0.6) is 5.75 Å². The van der Waals surface area contributed by atoms with Gasteiger partial charge in [0.1, 0.15) is 5.75 Å². The lowest BCUT2D eigenvalue weighted by Gasteiger charge is -2.34. The van der Waals surface area contributed by atoms with Crippen LogP contribution in [-0.2, 0) is 0 Å². The summed E-state index contributed by atoms with van der Waals surface area (Å²) >= 11 is 1.58. The molecular formula is C24H29N5O2S. The Bertz CT molecular complexity index is 1060. The fourth-order valence-corrected chi connectivity index (χ4v) is 5.09. The van der Waals surface area contributed by atoms with Crippen LogP contribution in [0.25, 0.3) is 10.9 Å². The van der Waals surface area contributed by atoms with Crippen molar-refractivity contribution in [3.63, 3.8) is 0 Å². The maximum absolute atomic E-state index is 11.0. The lowest BCUT2D eigenvalue weighted by atomic mass is 10.0. The van der Waals surface area contributed by atoms with Crippen molar-refractivity contribution in [2.24, 2.45) is 0 Å². The highest BCUT2D eigenvalue weighted by Gasteiger charge is 2.23. The minimum Gasteiger partial charge on any atom is -0.495 e. The van der Waals surface area contributed by atoms with Crippen molar-refractivity contribution in [3.05, 3.63) is 71.8 Å². The number of aromatic nitrogens is 1. The summed E-state index contributed by atoms with van der Waals surface area (Å²) in [5.41, 5.74) is 4.28. The number of allylic oxidation sites excluding steroid dienone is 1. The molecule has 7 nitrogen and oxygen atoms in total. The van der Waals surface area contributed by atoms with Gasteiger partial charge in [-0.3, -0.25) is 9.29 Å². The van der Waals surface area contributed by atoms with Gasteiger partial charge in [-0.1, -0.05) is 12.1 Å². The summed E-state index contributed by atoms with van der Waals surface area (Å²) in [6, 6.07) is 8.38. The van der Waals surface area contributed by atoms with Crippen molar-refractivity contribution in [2.75, 3.05) is 33.3 Å². The highest BCUT2D eigenvalue weighted by molar-refractivity contribution is 7.95. The van der Waals surface area contributed by atoms with E-state index in [1.54, 1.807) is 25.4 Å². The Kier molecular flexibility index (Phi) is 6.36. The predicted octanol–water partition coefficient (Wildman–Crippen LogP) is 3.09. The van der Waals surface area contributed by atoms with E-state index in [-0.39, 0.29) is 0 Å². The van der Waals surface area contributed by atoms with E-state index >= 15 is 0 Å². The van der Waals surface area contributed by atoms with Gasteiger partial charge in [0, 0.05) is 36.9 Å². The summed E-state index contributed by atoms with van der Waals surface area (Å²) in [6.45, 7) is 3.47. The molecule has 8 heteroatoms. The Morgan fingerprint density at radius 3 is 3.06 bits per heavy atom. The van der Waals surface area contributed by atoms with E-state index in [2.05, 4.69) is 42.6 Å². The number of pyridine rings is 1. The first-order valence-electron chi connectivity index (χ1n) is 11.1. The zero-order chi connectivity index (χ0) is 21.9. The molecule has 3 aliphatic rings. The molecule has 168 valence electrons. The predicted molar refractivity (Wildman–Crippen MR) is 129 cm³/mol. The third-order valence-corrected chi connectivity index (χ3v) is 7.06. The van der Waals surface area contributed by atoms with Crippen molar-refractivity contribution in [1.82, 2.24) is 24.2 Å². The molecule has 1 atom stereocenters. The first-order valence-corrected chi connectivity index (χ1v) is 11.8. The Hall–Kier alpha value is -2.52. The van der Waals surface area contributed by atoms with E-state index in [1.165, 1.54) is 11.3 Å². The summed E-state index contributed by atoms with van der Waals surface area (Å²) in [5.74, 6) is 0.707. The number of rotatable bonds is 7. The largest absolute Gasteiger partial charge is 0.495 e. The lowest BCUT2D eigenvalue weighted by Crippen LogP contribution is -2.44. The average Bonchev–Trinajstić information content (AvgIpc) is 3.31. The Labute approximate surface area is 193 Å². The van der Waals surface area contributed by atoms with Crippen molar-refractivity contribution in [3.8, 4) is 5.75 Å². The summed E-state index contributed by atoms with van der Waals surface area (Å²) < 4.78 is 10.6. The number of aliphatic hydroxyl groups excluding tert-OH is 1. The normalized spacial score (nSPS) is 20.0. The first kappa shape index (κ1) is 21.3. The second-order valence-corrected chi connectivity index (χ2v) is 9.21. The van der Waals surface area contributed by atoms with Crippen molar-refractivity contribution >= 4 is 23.0 Å². The van der Waals surface area contributed by atoms with Crippen LogP contribution in [-0.4, -0.2) is 58.6 Å². The molecular weight excluding hydrogens is 422 g/mol. The molecule has 3 aliphatic heterocycles. The van der Waals surface area contributed by atoms with Gasteiger partial charge < -0.3 is 24.8 Å². The number of fused-ring (bicyclic) bond motifs is 2. The fraction of sp³-hybridized carbons (Fsp3) is 0.375. The number of benzene rings is 1. The lowest BCUT2D eigenvalue weighted by molar-refractivity contribution is 0.0954. The quantitative estimate of drug-likeness (QED) is 0.555. The molecule has 0 aliphatic carbocycles. The Balaban J connectivity index is 1.14. The van der Waals surface area contributed by atoms with Gasteiger partial charge in [0.05, 0.1) is 42.8 Å². The number of β-amino-alcohol motifs (C(OH)–C–C–N with tert-alkyl or cyclic N) is 1. The smallest absolute Gasteiger partial charge is 0.137 e. The molecule has 1 unspecified atom stereocenters. The SMILES string of the molecule is COc1cnc2cccc(C(O)CN3CCC(NCC4=CC5=CNSN5C=C4)CC3)c2c1. The number of methoxy groups -OCH3 is 1. The van der Waals surface area contributed by atoms with Crippen LogP contribution in [0.1, 0.15) is 24.5 Å². The summed E-state index contributed by atoms with van der Waals surface area (Å²) in [7, 11) is 1.64. The zero-order valence-corrected chi connectivity index (χ0v) is 19.0. The molecule has 2 aromatic rings. The fourth-order valence-electron chi connectivity index (χ4n) is 4.47. The molecule has 0 radical (unpaired) electrons. The standard InChI is InChI=1S/C24H29N5O2S/c1-31-20-12-22-21(3-2-4-23(22)26-15-20)24(30)16-28-8-6-18(7-9-28)25-13-17-5-10-29-19(11-17)14-27-32-29/h2-5,10-12,14-15,18,24-25,27,30H,6-9,13,16H2,1H3. The van der Waals surface area contributed by atoms with Crippen LogP contribution in [0.4, 0.5) is 0 Å². The number of hydrogen-bond acceptors (Lipinski definition) is 8. The number of nitrogens with zero attached hydrogens (tertiary/aromatic N) is 3. The number of hydrogen-bond donors (Lipinski definition) is 3. The minimum absolute atomic E-state index is 0.506. The van der Waals surface area contributed by atoms with Crippen molar-refractivity contribution in [2.45, 2.75) is 25.0 Å². The first-order chi connectivity index (χ1) is 15.7. The van der Waals surface area contributed by atoms with E-state index in [0.717, 1.165) is 48.9 Å². The van der Waals surface area contributed by atoms with Gasteiger partial charge in [-0.25, -0.2) is 0 Å². The summed E-state index contributed by atoms with van der Waals surface area (Å²) in [6.07, 6.45) is 11.9. The second kappa shape index (κ2) is 9.54. The Morgan fingerprint density at radius 1 is 1.34 bits per heavy atom. The molecule has 1 aromatic carbocycles. The highest BCUT2D eigenvalue weighted by Crippen LogP contribution is 2.29. The van der Waals surface area contributed by atoms with Crippen LogP contribution in [0, 0.1) is 0 Å². The molecule has 0 bridgehead atoms. The molecule has 32 heavy (non-hydrogen) atoms. The van der Waals surface area contributed by atoms with Crippen LogP contribution in [0.15, 0.2) is 66.3 Å². The minimum atomic E-state index is -0.552. The maximum atomic E-state index is 11.0. The van der Waals surface area contributed by atoms with E-state index in [9.17, 15) is 5.11 Å². The van der Waals surface area contributed by atoms with Crippen LogP contribution >= 0.6 is 12.1 Å². The third-order valence-electron chi connectivity index (χ3n) is 6.31. The van der Waals surface area contributed by atoms with Crippen molar-refractivity contribution in [1.29, 1.82) is 0 Å². The summed E-state index contributed by atoms with van der Waals surface area (Å²) in [5, 5.41) is 15.7. The van der Waals surface area contributed by atoms with Gasteiger partial charge in [-0.05, 0) is 61.4 Å². The Morgan fingerprint density at radius 2 is 2.22 bits per heavy atom. The van der Waals surface area contributed by atoms with Gasteiger partial charge in [0.25, 0.3) is 0 Å². The zero-order valence-electron chi connectivity index (χ0n) is 18.2.